The van der Waals surface area contributed by atoms with Gasteiger partial charge in [-0.3, -0.25) is 14.3 Å². The molecule has 0 aliphatic carbocycles. The van der Waals surface area contributed by atoms with Crippen molar-refractivity contribution >= 4 is 0 Å². The van der Waals surface area contributed by atoms with Crippen LogP contribution in [0.2, 0.25) is 0 Å². The molecule has 0 aliphatic rings. The number of hydrogen-bond acceptors (Lipinski definition) is 3. The SMILES string of the molecule is CCc1c(O)n(Cc2ccc(F)cc2F)c(=O)[nH]c1=O. The number of nitrogens with one attached hydrogen (secondary N) is 1. The van der Waals surface area contributed by atoms with E-state index in [1.807, 2.05) is 4.98 Å². The second-order valence-corrected chi connectivity index (χ2v) is 4.24. The molecule has 0 unspecified atom stereocenters. The molecule has 0 bridgehead atoms. The van der Waals surface area contributed by atoms with E-state index >= 15 is 0 Å². The van der Waals surface area contributed by atoms with Crippen LogP contribution >= 0.6 is 0 Å². The summed E-state index contributed by atoms with van der Waals surface area (Å²) in [6.45, 7) is 1.33. The van der Waals surface area contributed by atoms with Crippen LogP contribution in [0.15, 0.2) is 27.8 Å². The number of nitrogens with zero attached hydrogens (tertiary/aromatic N) is 1. The van der Waals surface area contributed by atoms with E-state index in [9.17, 15) is 23.5 Å². The monoisotopic (exact) mass is 282 g/mol. The van der Waals surface area contributed by atoms with E-state index in [0.717, 1.165) is 10.6 Å². The fraction of sp³-hybridized carbons (Fsp3) is 0.231. The van der Waals surface area contributed by atoms with E-state index in [1.165, 1.54) is 6.07 Å². The third-order valence-electron chi connectivity index (χ3n) is 2.96. The van der Waals surface area contributed by atoms with Gasteiger partial charge >= 0.3 is 5.69 Å². The molecule has 1 aromatic heterocycles. The van der Waals surface area contributed by atoms with Crippen LogP contribution in [0, 0.1) is 11.6 Å². The molecule has 7 heteroatoms. The van der Waals surface area contributed by atoms with Gasteiger partial charge in [0.15, 0.2) is 0 Å². The highest BCUT2D eigenvalue weighted by Crippen LogP contribution is 2.15. The lowest BCUT2D eigenvalue weighted by molar-refractivity contribution is 0.400. The molecule has 2 aromatic rings. The molecule has 0 aliphatic heterocycles. The van der Waals surface area contributed by atoms with E-state index < -0.39 is 28.8 Å². The van der Waals surface area contributed by atoms with Crippen LogP contribution in [0.3, 0.4) is 0 Å². The Labute approximate surface area is 112 Å². The lowest BCUT2D eigenvalue weighted by Gasteiger charge is -2.11. The third kappa shape index (κ3) is 2.47. The van der Waals surface area contributed by atoms with Crippen molar-refractivity contribution in [3.05, 3.63) is 61.8 Å². The second kappa shape index (κ2) is 5.28. The van der Waals surface area contributed by atoms with E-state index in [-0.39, 0.29) is 24.1 Å². The minimum atomic E-state index is -0.853. The molecule has 2 rings (SSSR count). The largest absolute Gasteiger partial charge is 0.494 e. The maximum absolute atomic E-state index is 13.6. The summed E-state index contributed by atoms with van der Waals surface area (Å²) in [6, 6.07) is 2.91. The van der Waals surface area contributed by atoms with Gasteiger partial charge in [-0.15, -0.1) is 0 Å². The van der Waals surface area contributed by atoms with Crippen molar-refractivity contribution in [1.29, 1.82) is 0 Å². The number of H-pyrrole nitrogens is 1. The van der Waals surface area contributed by atoms with Gasteiger partial charge in [0.05, 0.1) is 12.1 Å². The molecule has 0 saturated heterocycles. The Kier molecular flexibility index (Phi) is 3.69. The van der Waals surface area contributed by atoms with Gasteiger partial charge < -0.3 is 5.11 Å². The molecule has 106 valence electrons. The summed E-state index contributed by atoms with van der Waals surface area (Å²) in [5, 5.41) is 9.90. The van der Waals surface area contributed by atoms with Gasteiger partial charge in [-0.05, 0) is 12.5 Å². The molecule has 0 radical (unpaired) electrons. The van der Waals surface area contributed by atoms with Gasteiger partial charge in [-0.1, -0.05) is 13.0 Å². The average Bonchev–Trinajstić information content (AvgIpc) is 2.37. The molecule has 0 atom stereocenters. The fourth-order valence-electron chi connectivity index (χ4n) is 1.89. The van der Waals surface area contributed by atoms with E-state index in [4.69, 9.17) is 0 Å². The molecule has 2 N–H and O–H groups in total. The molecule has 0 saturated carbocycles. The van der Waals surface area contributed by atoms with Crippen LogP contribution in [-0.4, -0.2) is 14.7 Å². The summed E-state index contributed by atoms with van der Waals surface area (Å²) in [6.07, 6.45) is 0.216. The number of aromatic nitrogens is 2. The Morgan fingerprint density at radius 2 is 2.00 bits per heavy atom. The van der Waals surface area contributed by atoms with E-state index in [0.29, 0.717) is 6.07 Å². The van der Waals surface area contributed by atoms with Crippen LogP contribution in [0.1, 0.15) is 18.1 Å². The average molecular weight is 282 g/mol. The van der Waals surface area contributed by atoms with Crippen molar-refractivity contribution in [3.8, 4) is 5.88 Å². The van der Waals surface area contributed by atoms with Crippen molar-refractivity contribution in [1.82, 2.24) is 9.55 Å². The minimum absolute atomic E-state index is 0.0258. The van der Waals surface area contributed by atoms with Crippen LogP contribution in [-0.2, 0) is 13.0 Å². The van der Waals surface area contributed by atoms with Crippen LogP contribution in [0.5, 0.6) is 5.88 Å². The Hall–Kier alpha value is -2.44. The van der Waals surface area contributed by atoms with Crippen LogP contribution in [0.25, 0.3) is 0 Å². The molecular weight excluding hydrogens is 270 g/mol. The first kappa shape index (κ1) is 14.0. The highest BCUT2D eigenvalue weighted by Gasteiger charge is 2.14. The maximum atomic E-state index is 13.6. The minimum Gasteiger partial charge on any atom is -0.494 e. The first-order valence-electron chi connectivity index (χ1n) is 5.93. The Morgan fingerprint density at radius 1 is 1.30 bits per heavy atom. The van der Waals surface area contributed by atoms with Crippen molar-refractivity contribution in [2.45, 2.75) is 19.9 Å². The highest BCUT2D eigenvalue weighted by atomic mass is 19.1. The van der Waals surface area contributed by atoms with Crippen molar-refractivity contribution in [2.24, 2.45) is 0 Å². The molecule has 1 heterocycles. The van der Waals surface area contributed by atoms with E-state index in [2.05, 4.69) is 0 Å². The molecule has 5 nitrogen and oxygen atoms in total. The number of rotatable bonds is 3. The van der Waals surface area contributed by atoms with Gasteiger partial charge in [0.2, 0.25) is 5.88 Å². The number of aromatic hydroxyl groups is 1. The van der Waals surface area contributed by atoms with Gasteiger partial charge in [-0.25, -0.2) is 13.6 Å². The number of hydrogen-bond donors (Lipinski definition) is 2. The fourth-order valence-corrected chi connectivity index (χ4v) is 1.89. The van der Waals surface area contributed by atoms with Gasteiger partial charge in [0.25, 0.3) is 5.56 Å². The molecule has 0 amide bonds. The molecule has 20 heavy (non-hydrogen) atoms. The topological polar surface area (TPSA) is 75.1 Å². The summed E-state index contributed by atoms with van der Waals surface area (Å²) < 4.78 is 27.2. The van der Waals surface area contributed by atoms with Gasteiger partial charge in [-0.2, -0.15) is 0 Å². The predicted octanol–water partition coefficient (Wildman–Crippen LogP) is 1.13. The summed E-state index contributed by atoms with van der Waals surface area (Å²) >= 11 is 0. The quantitative estimate of drug-likeness (QED) is 0.886. The second-order valence-electron chi connectivity index (χ2n) is 4.24. The Balaban J connectivity index is 2.54. The first-order chi connectivity index (χ1) is 9.43. The van der Waals surface area contributed by atoms with Crippen molar-refractivity contribution in [3.63, 3.8) is 0 Å². The summed E-state index contributed by atoms with van der Waals surface area (Å²) in [5.41, 5.74) is -1.47. The van der Waals surface area contributed by atoms with Crippen LogP contribution < -0.4 is 11.2 Å². The Morgan fingerprint density at radius 3 is 2.60 bits per heavy atom. The van der Waals surface area contributed by atoms with Gasteiger partial charge in [0.1, 0.15) is 11.6 Å². The van der Waals surface area contributed by atoms with Crippen molar-refractivity contribution < 1.29 is 13.9 Å². The summed E-state index contributed by atoms with van der Waals surface area (Å²) in [7, 11) is 0. The normalized spacial score (nSPS) is 10.8. The standard InChI is InChI=1S/C13H12F2N2O3/c1-2-9-11(18)16-13(20)17(12(9)19)6-7-3-4-8(14)5-10(7)15/h3-5,19H,2,6H2,1H3,(H,16,18,20). The molecule has 0 spiro atoms. The smallest absolute Gasteiger partial charge is 0.331 e. The molecule has 0 fully saturated rings. The Bertz CT molecular complexity index is 765. The summed E-state index contributed by atoms with van der Waals surface area (Å²) in [5.74, 6) is -2.08. The lowest BCUT2D eigenvalue weighted by atomic mass is 10.2. The summed E-state index contributed by atoms with van der Waals surface area (Å²) in [4.78, 5) is 25.2. The zero-order chi connectivity index (χ0) is 14.9. The first-order valence-corrected chi connectivity index (χ1v) is 5.93. The lowest BCUT2D eigenvalue weighted by Crippen LogP contribution is -2.32. The molecule has 1 aromatic carbocycles. The highest BCUT2D eigenvalue weighted by molar-refractivity contribution is 5.25. The zero-order valence-electron chi connectivity index (χ0n) is 10.6. The van der Waals surface area contributed by atoms with Gasteiger partial charge in [0, 0.05) is 11.6 Å². The number of halogens is 2. The van der Waals surface area contributed by atoms with E-state index in [1.54, 1.807) is 6.92 Å². The van der Waals surface area contributed by atoms with Crippen LogP contribution in [0.4, 0.5) is 8.78 Å². The number of aromatic amines is 1. The predicted molar refractivity (Wildman–Crippen MR) is 67.8 cm³/mol. The van der Waals surface area contributed by atoms with Crippen molar-refractivity contribution in [2.75, 3.05) is 0 Å². The maximum Gasteiger partial charge on any atom is 0.331 e. The number of benzene rings is 1. The third-order valence-corrected chi connectivity index (χ3v) is 2.96. The molecular formula is C13H12F2N2O3. The zero-order valence-corrected chi connectivity index (χ0v) is 10.6.